The van der Waals surface area contributed by atoms with Crippen molar-refractivity contribution in [2.45, 2.75) is 32.7 Å². The highest BCUT2D eigenvalue weighted by Gasteiger charge is 2.15. The van der Waals surface area contributed by atoms with E-state index in [0.717, 1.165) is 48.4 Å². The van der Waals surface area contributed by atoms with Gasteiger partial charge >= 0.3 is 0 Å². The minimum atomic E-state index is -0.349. The molecule has 1 aromatic carbocycles. The Labute approximate surface area is 176 Å². The highest BCUT2D eigenvalue weighted by Crippen LogP contribution is 2.24. The molecule has 0 spiro atoms. The Hall–Kier alpha value is -2.35. The zero-order chi connectivity index (χ0) is 20.6. The molecule has 8 heteroatoms. The number of hydrogen-bond acceptors (Lipinski definition) is 5. The van der Waals surface area contributed by atoms with E-state index < -0.39 is 0 Å². The average Bonchev–Trinajstić information content (AvgIpc) is 3.39. The molecule has 1 aliphatic rings. The summed E-state index contributed by atoms with van der Waals surface area (Å²) in [6.07, 6.45) is 3.33. The number of methoxy groups -OCH3 is 1. The molecule has 1 aromatic heterocycles. The van der Waals surface area contributed by atoms with Gasteiger partial charge in [0.05, 0.1) is 12.8 Å². The second-order valence-electron chi connectivity index (χ2n) is 7.13. The maximum Gasteiger partial charge on any atom is 0.193 e. The Morgan fingerprint density at radius 3 is 2.86 bits per heavy atom. The number of aromatic nitrogens is 1. The Kier molecular flexibility index (Phi) is 7.69. The average molecular weight is 420 g/mol. The Bertz CT molecular complexity index is 819. The number of nitrogens with zero attached hydrogens (tertiary/aromatic N) is 4. The molecule has 1 N–H and O–H groups in total. The van der Waals surface area contributed by atoms with Crippen LogP contribution in [0.4, 0.5) is 9.52 Å². The van der Waals surface area contributed by atoms with Gasteiger partial charge in [-0.3, -0.25) is 4.99 Å². The van der Waals surface area contributed by atoms with Crippen molar-refractivity contribution in [1.82, 2.24) is 15.2 Å². The zero-order valence-electron chi connectivity index (χ0n) is 17.4. The van der Waals surface area contributed by atoms with E-state index in [9.17, 15) is 4.39 Å². The molecule has 0 aliphatic carbocycles. The van der Waals surface area contributed by atoms with Gasteiger partial charge in [0.2, 0.25) is 0 Å². The SMILES string of the molecule is CCNC(=NCCc1csc(N2CCCC2)n1)N(C)Cc1ccc(OC)c(F)c1. The molecule has 158 valence electrons. The van der Waals surface area contributed by atoms with Gasteiger partial charge in [-0.15, -0.1) is 11.3 Å². The summed E-state index contributed by atoms with van der Waals surface area (Å²) in [5.41, 5.74) is 1.96. The third-order valence-electron chi connectivity index (χ3n) is 4.88. The first-order valence-electron chi connectivity index (χ1n) is 10.1. The van der Waals surface area contributed by atoms with Gasteiger partial charge in [0.25, 0.3) is 0 Å². The summed E-state index contributed by atoms with van der Waals surface area (Å²) in [4.78, 5) is 13.9. The molecular formula is C21H30FN5OS. The largest absolute Gasteiger partial charge is 0.494 e. The molecule has 1 aliphatic heterocycles. The molecule has 0 bridgehead atoms. The maximum absolute atomic E-state index is 14.0. The maximum atomic E-state index is 14.0. The van der Waals surface area contributed by atoms with Crippen molar-refractivity contribution in [3.63, 3.8) is 0 Å². The number of anilines is 1. The standard InChI is InChI=1S/C21H30FN5OS/c1-4-23-20(26(2)14-16-7-8-19(28-3)18(22)13-16)24-10-9-17-15-29-21(25-17)27-11-5-6-12-27/h7-8,13,15H,4-6,9-12,14H2,1-3H3,(H,23,24). The van der Waals surface area contributed by atoms with Crippen molar-refractivity contribution >= 4 is 22.4 Å². The highest BCUT2D eigenvalue weighted by molar-refractivity contribution is 7.13. The van der Waals surface area contributed by atoms with Gasteiger partial charge in [0.15, 0.2) is 22.7 Å². The van der Waals surface area contributed by atoms with Gasteiger partial charge in [-0.05, 0) is 37.5 Å². The van der Waals surface area contributed by atoms with Crippen LogP contribution in [-0.4, -0.2) is 56.2 Å². The number of ether oxygens (including phenoxy) is 1. The van der Waals surface area contributed by atoms with Crippen LogP contribution in [0.5, 0.6) is 5.75 Å². The second-order valence-corrected chi connectivity index (χ2v) is 7.96. The molecule has 2 aromatic rings. The number of thiazole rings is 1. The van der Waals surface area contributed by atoms with E-state index >= 15 is 0 Å². The van der Waals surface area contributed by atoms with Crippen LogP contribution in [-0.2, 0) is 13.0 Å². The molecule has 3 rings (SSSR count). The number of rotatable bonds is 8. The molecule has 1 saturated heterocycles. The van der Waals surface area contributed by atoms with Gasteiger partial charge in [-0.1, -0.05) is 6.07 Å². The van der Waals surface area contributed by atoms with Crippen molar-refractivity contribution < 1.29 is 9.13 Å². The summed E-state index contributed by atoms with van der Waals surface area (Å²) in [6, 6.07) is 5.04. The lowest BCUT2D eigenvalue weighted by Crippen LogP contribution is -2.38. The Balaban J connectivity index is 1.57. The molecule has 2 heterocycles. The van der Waals surface area contributed by atoms with Crippen LogP contribution in [0.15, 0.2) is 28.6 Å². The highest BCUT2D eigenvalue weighted by atomic mass is 32.1. The number of guanidine groups is 1. The van der Waals surface area contributed by atoms with Gasteiger partial charge < -0.3 is 19.9 Å². The predicted octanol–water partition coefficient (Wildman–Crippen LogP) is 3.53. The van der Waals surface area contributed by atoms with Crippen molar-refractivity contribution in [3.05, 3.63) is 40.7 Å². The van der Waals surface area contributed by atoms with E-state index in [1.54, 1.807) is 17.4 Å². The van der Waals surface area contributed by atoms with Gasteiger partial charge in [0.1, 0.15) is 0 Å². The summed E-state index contributed by atoms with van der Waals surface area (Å²) < 4.78 is 18.9. The van der Waals surface area contributed by atoms with E-state index in [1.807, 2.05) is 24.9 Å². The monoisotopic (exact) mass is 419 g/mol. The van der Waals surface area contributed by atoms with Crippen LogP contribution < -0.4 is 15.0 Å². The van der Waals surface area contributed by atoms with E-state index in [4.69, 9.17) is 14.7 Å². The first-order chi connectivity index (χ1) is 14.1. The van der Waals surface area contributed by atoms with Crippen molar-refractivity contribution in [1.29, 1.82) is 0 Å². The molecular weight excluding hydrogens is 389 g/mol. The van der Waals surface area contributed by atoms with Crippen molar-refractivity contribution in [2.75, 3.05) is 45.2 Å². The third kappa shape index (κ3) is 5.82. The third-order valence-corrected chi connectivity index (χ3v) is 5.83. The number of aliphatic imine (C=N–C) groups is 1. The quantitative estimate of drug-likeness (QED) is 0.524. The van der Waals surface area contributed by atoms with E-state index in [2.05, 4.69) is 15.6 Å². The summed E-state index contributed by atoms with van der Waals surface area (Å²) in [6.45, 7) is 6.27. The number of benzene rings is 1. The molecule has 29 heavy (non-hydrogen) atoms. The molecule has 0 amide bonds. The Morgan fingerprint density at radius 1 is 1.38 bits per heavy atom. The van der Waals surface area contributed by atoms with Crippen LogP contribution in [0.25, 0.3) is 0 Å². The molecule has 0 atom stereocenters. The number of nitrogens with one attached hydrogen (secondary N) is 1. The van der Waals surface area contributed by atoms with E-state index in [-0.39, 0.29) is 11.6 Å². The minimum Gasteiger partial charge on any atom is -0.494 e. The molecule has 1 fully saturated rings. The molecule has 0 radical (unpaired) electrons. The van der Waals surface area contributed by atoms with Crippen LogP contribution in [0.1, 0.15) is 31.0 Å². The summed E-state index contributed by atoms with van der Waals surface area (Å²) in [7, 11) is 3.43. The van der Waals surface area contributed by atoms with Crippen LogP contribution >= 0.6 is 11.3 Å². The number of halogens is 1. The molecule has 6 nitrogen and oxygen atoms in total. The fraction of sp³-hybridized carbons (Fsp3) is 0.524. The lowest BCUT2D eigenvalue weighted by molar-refractivity contribution is 0.385. The summed E-state index contributed by atoms with van der Waals surface area (Å²) in [5.74, 6) is 0.713. The fourth-order valence-corrected chi connectivity index (χ4v) is 4.28. The fourth-order valence-electron chi connectivity index (χ4n) is 3.37. The van der Waals surface area contributed by atoms with E-state index in [0.29, 0.717) is 13.1 Å². The van der Waals surface area contributed by atoms with E-state index in [1.165, 1.54) is 26.0 Å². The lowest BCUT2D eigenvalue weighted by Gasteiger charge is -2.22. The zero-order valence-corrected chi connectivity index (χ0v) is 18.3. The lowest BCUT2D eigenvalue weighted by atomic mass is 10.2. The van der Waals surface area contributed by atoms with Crippen molar-refractivity contribution in [3.8, 4) is 5.75 Å². The van der Waals surface area contributed by atoms with Crippen LogP contribution in [0.3, 0.4) is 0 Å². The van der Waals surface area contributed by atoms with Gasteiger partial charge in [0, 0.05) is 51.6 Å². The van der Waals surface area contributed by atoms with Gasteiger partial charge in [-0.25, -0.2) is 9.37 Å². The second kappa shape index (κ2) is 10.4. The van der Waals surface area contributed by atoms with Crippen LogP contribution in [0.2, 0.25) is 0 Å². The van der Waals surface area contributed by atoms with Gasteiger partial charge in [-0.2, -0.15) is 0 Å². The first-order valence-corrected chi connectivity index (χ1v) is 11.0. The smallest absolute Gasteiger partial charge is 0.193 e. The minimum absolute atomic E-state index is 0.258. The predicted molar refractivity (Wildman–Crippen MR) is 118 cm³/mol. The topological polar surface area (TPSA) is 53.0 Å². The van der Waals surface area contributed by atoms with Crippen LogP contribution in [0, 0.1) is 5.82 Å². The normalized spacial score (nSPS) is 14.3. The van der Waals surface area contributed by atoms with Crippen molar-refractivity contribution in [2.24, 2.45) is 4.99 Å². The molecule has 0 saturated carbocycles. The number of hydrogen-bond donors (Lipinski definition) is 1. The summed E-state index contributed by atoms with van der Waals surface area (Å²) >= 11 is 1.72. The first kappa shape index (κ1) is 21.4. The molecule has 0 unspecified atom stereocenters. The Morgan fingerprint density at radius 2 is 2.17 bits per heavy atom. The summed E-state index contributed by atoms with van der Waals surface area (Å²) in [5, 5.41) is 6.58.